The van der Waals surface area contributed by atoms with Crippen molar-refractivity contribution in [3.63, 3.8) is 0 Å². The molecule has 6 unspecified atom stereocenters. The zero-order valence-corrected chi connectivity index (χ0v) is 19.5. The van der Waals surface area contributed by atoms with Crippen molar-refractivity contribution in [2.75, 3.05) is 13.2 Å². The molecule has 4 rings (SSSR count). The molecule has 2 aliphatic carbocycles. The SMILES string of the molecule is C=C1CCC2C(C)(CO)C(O)CCC2(C)C1C/C=C1/C(=O)OCC1Oc1ccccc1C. The predicted octanol–water partition coefficient (Wildman–Crippen LogP) is 4.36. The van der Waals surface area contributed by atoms with Gasteiger partial charge in [0.25, 0.3) is 0 Å². The maximum atomic E-state index is 12.5. The van der Waals surface area contributed by atoms with E-state index < -0.39 is 17.6 Å². The van der Waals surface area contributed by atoms with E-state index in [-0.39, 0.29) is 36.4 Å². The molecule has 0 radical (unpaired) electrons. The number of aryl methyl sites for hydroxylation is 1. The Balaban J connectivity index is 1.58. The van der Waals surface area contributed by atoms with Gasteiger partial charge in [0, 0.05) is 5.41 Å². The fourth-order valence-electron chi connectivity index (χ4n) is 6.49. The Labute approximate surface area is 191 Å². The zero-order valence-electron chi connectivity index (χ0n) is 19.5. The van der Waals surface area contributed by atoms with Crippen molar-refractivity contribution in [3.05, 3.63) is 53.6 Å². The summed E-state index contributed by atoms with van der Waals surface area (Å²) in [4.78, 5) is 12.5. The zero-order chi connectivity index (χ0) is 23.1. The number of ether oxygens (including phenoxy) is 2. The average molecular weight is 441 g/mol. The van der Waals surface area contributed by atoms with Crippen molar-refractivity contribution in [2.24, 2.45) is 22.7 Å². The third kappa shape index (κ3) is 3.80. The molecule has 0 amide bonds. The lowest BCUT2D eigenvalue weighted by molar-refractivity contribution is -0.151. The highest BCUT2D eigenvalue weighted by Crippen LogP contribution is 2.61. The van der Waals surface area contributed by atoms with E-state index in [1.807, 2.05) is 44.2 Å². The third-order valence-corrected chi connectivity index (χ3v) is 8.58. The van der Waals surface area contributed by atoms with Gasteiger partial charge in [-0.05, 0) is 67.9 Å². The maximum absolute atomic E-state index is 12.5. The number of aliphatic hydroxyl groups excluding tert-OH is 2. The fourth-order valence-corrected chi connectivity index (χ4v) is 6.49. The number of cyclic esters (lactones) is 1. The molecule has 3 aliphatic rings. The van der Waals surface area contributed by atoms with Crippen LogP contribution < -0.4 is 4.74 Å². The van der Waals surface area contributed by atoms with E-state index in [0.717, 1.165) is 30.6 Å². The molecule has 5 heteroatoms. The lowest BCUT2D eigenvalue weighted by atomic mass is 9.46. The summed E-state index contributed by atoms with van der Waals surface area (Å²) in [6.07, 6.45) is 5.12. The van der Waals surface area contributed by atoms with E-state index in [9.17, 15) is 15.0 Å². The topological polar surface area (TPSA) is 76.0 Å². The Bertz CT molecular complexity index is 920. The molecule has 1 aromatic carbocycles. The first-order valence-corrected chi connectivity index (χ1v) is 11.8. The second kappa shape index (κ2) is 8.68. The monoisotopic (exact) mass is 440 g/mol. The van der Waals surface area contributed by atoms with Crippen molar-refractivity contribution in [1.29, 1.82) is 0 Å². The van der Waals surface area contributed by atoms with Gasteiger partial charge < -0.3 is 19.7 Å². The van der Waals surface area contributed by atoms with Crippen LogP contribution in [0.2, 0.25) is 0 Å². The summed E-state index contributed by atoms with van der Waals surface area (Å²) in [5.41, 5.74) is 2.19. The molecule has 6 atom stereocenters. The molecule has 1 saturated heterocycles. The number of carbonyl (C=O) groups is 1. The van der Waals surface area contributed by atoms with Gasteiger partial charge in [0.15, 0.2) is 6.10 Å². The molecule has 2 N–H and O–H groups in total. The van der Waals surface area contributed by atoms with Gasteiger partial charge in [-0.2, -0.15) is 0 Å². The predicted molar refractivity (Wildman–Crippen MR) is 123 cm³/mol. The highest BCUT2D eigenvalue weighted by Gasteiger charge is 2.57. The summed E-state index contributed by atoms with van der Waals surface area (Å²) >= 11 is 0. The van der Waals surface area contributed by atoms with Gasteiger partial charge in [0.2, 0.25) is 0 Å². The van der Waals surface area contributed by atoms with Crippen molar-refractivity contribution < 1.29 is 24.5 Å². The van der Waals surface area contributed by atoms with E-state index in [1.165, 1.54) is 5.57 Å². The van der Waals surface area contributed by atoms with Crippen molar-refractivity contribution >= 4 is 5.97 Å². The van der Waals surface area contributed by atoms with Gasteiger partial charge in [-0.1, -0.05) is 50.3 Å². The second-order valence-electron chi connectivity index (χ2n) is 10.4. The number of fused-ring (bicyclic) bond motifs is 1. The summed E-state index contributed by atoms with van der Waals surface area (Å²) in [6, 6.07) is 7.78. The van der Waals surface area contributed by atoms with Gasteiger partial charge in [-0.3, -0.25) is 0 Å². The Hall–Kier alpha value is -2.11. The molecule has 2 saturated carbocycles. The lowest BCUT2D eigenvalue weighted by Crippen LogP contribution is -2.57. The van der Waals surface area contributed by atoms with Crippen LogP contribution in [0.1, 0.15) is 51.5 Å². The van der Waals surface area contributed by atoms with E-state index in [4.69, 9.17) is 9.47 Å². The number of esters is 1. The normalized spacial score (nSPS) is 38.5. The van der Waals surface area contributed by atoms with E-state index in [0.29, 0.717) is 18.4 Å². The molecule has 0 aromatic heterocycles. The van der Waals surface area contributed by atoms with Gasteiger partial charge >= 0.3 is 5.97 Å². The quantitative estimate of drug-likeness (QED) is 0.404. The molecule has 32 heavy (non-hydrogen) atoms. The Morgan fingerprint density at radius 3 is 2.75 bits per heavy atom. The Kier molecular flexibility index (Phi) is 6.25. The number of hydrogen-bond donors (Lipinski definition) is 2. The minimum Gasteiger partial charge on any atom is -0.482 e. The average Bonchev–Trinajstić information content (AvgIpc) is 3.11. The number of hydrogen-bond acceptors (Lipinski definition) is 5. The number of carbonyl (C=O) groups excluding carboxylic acids is 1. The van der Waals surface area contributed by atoms with Crippen molar-refractivity contribution in [2.45, 2.75) is 65.1 Å². The molecule has 1 heterocycles. The molecule has 1 aliphatic heterocycles. The third-order valence-electron chi connectivity index (χ3n) is 8.58. The number of rotatable bonds is 5. The molecule has 174 valence electrons. The van der Waals surface area contributed by atoms with Gasteiger partial charge in [0.1, 0.15) is 12.4 Å². The first-order chi connectivity index (χ1) is 15.2. The number of benzene rings is 1. The summed E-state index contributed by atoms with van der Waals surface area (Å²) in [5.74, 6) is 0.827. The van der Waals surface area contributed by atoms with E-state index in [2.05, 4.69) is 13.5 Å². The van der Waals surface area contributed by atoms with Crippen LogP contribution >= 0.6 is 0 Å². The first kappa shape index (κ1) is 23.1. The van der Waals surface area contributed by atoms with E-state index >= 15 is 0 Å². The number of allylic oxidation sites excluding steroid dienone is 2. The largest absolute Gasteiger partial charge is 0.482 e. The summed E-state index contributed by atoms with van der Waals surface area (Å²) < 4.78 is 11.5. The van der Waals surface area contributed by atoms with Crippen LogP contribution in [0.3, 0.4) is 0 Å². The highest BCUT2D eigenvalue weighted by molar-refractivity contribution is 5.91. The van der Waals surface area contributed by atoms with Crippen molar-refractivity contribution in [1.82, 2.24) is 0 Å². The smallest absolute Gasteiger partial charge is 0.337 e. The van der Waals surface area contributed by atoms with E-state index in [1.54, 1.807) is 0 Å². The molecule has 5 nitrogen and oxygen atoms in total. The molecule has 0 bridgehead atoms. The minimum atomic E-state index is -0.512. The lowest BCUT2D eigenvalue weighted by Gasteiger charge is -2.59. The maximum Gasteiger partial charge on any atom is 0.337 e. The van der Waals surface area contributed by atoms with Crippen LogP contribution in [0.4, 0.5) is 0 Å². The minimum absolute atomic E-state index is 0.0205. The summed E-state index contributed by atoms with van der Waals surface area (Å²) in [7, 11) is 0. The van der Waals surface area contributed by atoms with Crippen LogP contribution in [0, 0.1) is 29.6 Å². The van der Waals surface area contributed by atoms with Crippen LogP contribution in [0.15, 0.2) is 48.1 Å². The molecule has 0 spiro atoms. The standard InChI is InChI=1S/C27H36O5/c1-17-9-12-23-26(3,14-13-24(29)27(23,4)16-28)20(17)11-10-19-22(15-31-25(19)30)32-21-8-6-5-7-18(21)2/h5-8,10,20,22-24,28-29H,1,9,11-16H2,2-4H3/b19-10+. The Morgan fingerprint density at radius 1 is 1.28 bits per heavy atom. The van der Waals surface area contributed by atoms with Gasteiger partial charge in [-0.15, -0.1) is 0 Å². The molecular weight excluding hydrogens is 404 g/mol. The summed E-state index contributed by atoms with van der Waals surface area (Å²) in [6.45, 7) is 10.9. The van der Waals surface area contributed by atoms with Crippen molar-refractivity contribution in [3.8, 4) is 5.75 Å². The summed E-state index contributed by atoms with van der Waals surface area (Å²) in [5, 5.41) is 20.9. The molecular formula is C27H36O5. The number of aliphatic hydroxyl groups is 2. The van der Waals surface area contributed by atoms with Crippen LogP contribution in [-0.2, 0) is 9.53 Å². The fraction of sp³-hybridized carbons (Fsp3) is 0.593. The second-order valence-corrected chi connectivity index (χ2v) is 10.4. The highest BCUT2D eigenvalue weighted by atomic mass is 16.6. The van der Waals surface area contributed by atoms with Crippen LogP contribution in [-0.4, -0.2) is 41.6 Å². The molecule has 3 fully saturated rings. The van der Waals surface area contributed by atoms with Crippen LogP contribution in [0.25, 0.3) is 0 Å². The van der Waals surface area contributed by atoms with Crippen LogP contribution in [0.5, 0.6) is 5.75 Å². The van der Waals surface area contributed by atoms with Gasteiger partial charge in [0.05, 0.1) is 18.3 Å². The van der Waals surface area contributed by atoms with Gasteiger partial charge in [-0.25, -0.2) is 4.79 Å². The Morgan fingerprint density at radius 2 is 2.03 bits per heavy atom. The first-order valence-electron chi connectivity index (χ1n) is 11.8. The number of para-hydroxylation sites is 1. The molecule has 1 aromatic rings.